The first-order chi connectivity index (χ1) is 13.9. The number of amides is 1. The maximum absolute atomic E-state index is 12.7. The number of hydrogen-bond donors (Lipinski definition) is 2. The van der Waals surface area contributed by atoms with Crippen LogP contribution in [0, 0.1) is 13.8 Å². The Balaban J connectivity index is 1.81. The molecule has 0 unspecified atom stereocenters. The Morgan fingerprint density at radius 2 is 1.72 bits per heavy atom. The molecule has 3 rings (SSSR count). The van der Waals surface area contributed by atoms with Crippen molar-refractivity contribution < 1.29 is 9.53 Å². The maximum atomic E-state index is 12.7. The van der Waals surface area contributed by atoms with Gasteiger partial charge in [-0.25, -0.2) is 9.97 Å². The summed E-state index contributed by atoms with van der Waals surface area (Å²) < 4.78 is 5.40. The van der Waals surface area contributed by atoms with E-state index in [0.29, 0.717) is 23.1 Å². The molecule has 0 spiro atoms. The molecule has 0 aliphatic heterocycles. The van der Waals surface area contributed by atoms with Gasteiger partial charge < -0.3 is 20.3 Å². The third-order valence-corrected chi connectivity index (χ3v) is 4.33. The molecule has 3 aromatic rings. The van der Waals surface area contributed by atoms with E-state index in [1.165, 1.54) is 0 Å². The van der Waals surface area contributed by atoms with E-state index in [1.807, 2.05) is 68.4 Å². The topological polar surface area (TPSA) is 79.4 Å². The second-order valence-electron chi connectivity index (χ2n) is 6.91. The molecule has 7 heteroatoms. The van der Waals surface area contributed by atoms with Gasteiger partial charge in [0, 0.05) is 31.5 Å². The molecule has 2 N–H and O–H groups in total. The standard InChI is InChI=1S/C22H25N5O2/c1-14-6-11-20(29-5)18(12-14)26-21-13-19(23-15(2)24-21)22(28)25-16-7-9-17(10-8-16)27(3)4/h6-13H,1-5H3,(H,25,28)(H,23,24,26). The third-order valence-electron chi connectivity index (χ3n) is 4.33. The normalized spacial score (nSPS) is 10.4. The first-order valence-corrected chi connectivity index (χ1v) is 9.22. The summed E-state index contributed by atoms with van der Waals surface area (Å²) in [5.74, 6) is 1.41. The van der Waals surface area contributed by atoms with Crippen molar-refractivity contribution in [3.8, 4) is 5.75 Å². The number of ether oxygens (including phenoxy) is 1. The number of carbonyl (C=O) groups excluding carboxylic acids is 1. The van der Waals surface area contributed by atoms with Gasteiger partial charge in [-0.05, 0) is 55.8 Å². The van der Waals surface area contributed by atoms with E-state index >= 15 is 0 Å². The number of aromatic nitrogens is 2. The van der Waals surface area contributed by atoms with Crippen molar-refractivity contribution in [3.05, 3.63) is 65.6 Å². The first kappa shape index (κ1) is 20.1. The van der Waals surface area contributed by atoms with Crippen LogP contribution in [0.1, 0.15) is 21.9 Å². The van der Waals surface area contributed by atoms with Crippen LogP contribution in [-0.4, -0.2) is 37.1 Å². The fourth-order valence-electron chi connectivity index (χ4n) is 2.84. The smallest absolute Gasteiger partial charge is 0.274 e. The lowest BCUT2D eigenvalue weighted by molar-refractivity contribution is 0.102. The molecule has 0 atom stereocenters. The van der Waals surface area contributed by atoms with Gasteiger partial charge in [-0.3, -0.25) is 4.79 Å². The predicted molar refractivity (Wildman–Crippen MR) is 117 cm³/mol. The molecule has 0 aliphatic rings. The summed E-state index contributed by atoms with van der Waals surface area (Å²) in [4.78, 5) is 23.4. The van der Waals surface area contributed by atoms with Crippen molar-refractivity contribution >= 4 is 28.8 Å². The minimum Gasteiger partial charge on any atom is -0.495 e. The number of rotatable bonds is 6. The van der Waals surface area contributed by atoms with Gasteiger partial charge in [0.05, 0.1) is 12.8 Å². The van der Waals surface area contributed by atoms with Crippen LogP contribution in [0.15, 0.2) is 48.5 Å². The third kappa shape index (κ3) is 5.01. The average molecular weight is 391 g/mol. The molecule has 0 saturated carbocycles. The molecule has 1 amide bonds. The largest absolute Gasteiger partial charge is 0.495 e. The van der Waals surface area contributed by atoms with E-state index in [4.69, 9.17) is 4.74 Å². The van der Waals surface area contributed by atoms with Crippen molar-refractivity contribution in [1.82, 2.24) is 9.97 Å². The number of methoxy groups -OCH3 is 1. The van der Waals surface area contributed by atoms with E-state index in [1.54, 1.807) is 20.1 Å². The number of aryl methyl sites for hydroxylation is 2. The van der Waals surface area contributed by atoms with E-state index in [9.17, 15) is 4.79 Å². The number of anilines is 4. The molecule has 1 aromatic heterocycles. The minimum absolute atomic E-state index is 0.281. The van der Waals surface area contributed by atoms with Crippen LogP contribution in [0.5, 0.6) is 5.75 Å². The first-order valence-electron chi connectivity index (χ1n) is 9.22. The van der Waals surface area contributed by atoms with Crippen molar-refractivity contribution in [3.63, 3.8) is 0 Å². The SMILES string of the molecule is COc1ccc(C)cc1Nc1cc(C(=O)Nc2ccc(N(C)C)cc2)nc(C)n1. The van der Waals surface area contributed by atoms with Crippen LogP contribution in [0.25, 0.3) is 0 Å². The molecule has 150 valence electrons. The highest BCUT2D eigenvalue weighted by Crippen LogP contribution is 2.28. The van der Waals surface area contributed by atoms with Gasteiger partial charge >= 0.3 is 0 Å². The highest BCUT2D eigenvalue weighted by atomic mass is 16.5. The molecule has 0 bridgehead atoms. The number of benzene rings is 2. The van der Waals surface area contributed by atoms with E-state index in [2.05, 4.69) is 20.6 Å². The fourth-order valence-corrected chi connectivity index (χ4v) is 2.84. The Morgan fingerprint density at radius 3 is 2.38 bits per heavy atom. The Kier molecular flexibility index (Phi) is 5.97. The lowest BCUT2D eigenvalue weighted by atomic mass is 10.2. The molecular weight excluding hydrogens is 366 g/mol. The average Bonchev–Trinajstić information content (AvgIpc) is 2.68. The lowest BCUT2D eigenvalue weighted by Gasteiger charge is -2.14. The predicted octanol–water partition coefficient (Wildman–Crippen LogP) is 4.16. The molecule has 1 heterocycles. The number of hydrogen-bond acceptors (Lipinski definition) is 6. The fraction of sp³-hybridized carbons (Fsp3) is 0.227. The highest BCUT2D eigenvalue weighted by Gasteiger charge is 2.13. The Morgan fingerprint density at radius 1 is 1.00 bits per heavy atom. The second kappa shape index (κ2) is 8.60. The van der Waals surface area contributed by atoms with Gasteiger partial charge in [0.15, 0.2) is 0 Å². The van der Waals surface area contributed by atoms with Crippen LogP contribution in [0.4, 0.5) is 22.9 Å². The summed E-state index contributed by atoms with van der Waals surface area (Å²) in [5.41, 5.74) is 3.89. The van der Waals surface area contributed by atoms with Crippen LogP contribution in [0.2, 0.25) is 0 Å². The summed E-state index contributed by atoms with van der Waals surface area (Å²) in [6, 6.07) is 15.0. The summed E-state index contributed by atoms with van der Waals surface area (Å²) in [6.45, 7) is 3.75. The monoisotopic (exact) mass is 391 g/mol. The molecular formula is C22H25N5O2. The van der Waals surface area contributed by atoms with E-state index in [-0.39, 0.29) is 11.6 Å². The zero-order chi connectivity index (χ0) is 21.0. The summed E-state index contributed by atoms with van der Waals surface area (Å²) >= 11 is 0. The minimum atomic E-state index is -0.299. The van der Waals surface area contributed by atoms with Crippen LogP contribution < -0.4 is 20.3 Å². The quantitative estimate of drug-likeness (QED) is 0.657. The zero-order valence-electron chi connectivity index (χ0n) is 17.3. The molecule has 0 fully saturated rings. The van der Waals surface area contributed by atoms with E-state index in [0.717, 1.165) is 16.9 Å². The molecule has 0 radical (unpaired) electrons. The van der Waals surface area contributed by atoms with Gasteiger partial charge in [-0.2, -0.15) is 0 Å². The Labute approximate surface area is 170 Å². The summed E-state index contributed by atoms with van der Waals surface area (Å²) in [7, 11) is 5.55. The molecule has 0 saturated heterocycles. The van der Waals surface area contributed by atoms with Gasteiger partial charge in [0.2, 0.25) is 0 Å². The molecule has 7 nitrogen and oxygen atoms in total. The molecule has 2 aromatic carbocycles. The summed E-state index contributed by atoms with van der Waals surface area (Å²) in [6.07, 6.45) is 0. The van der Waals surface area contributed by atoms with Crippen LogP contribution >= 0.6 is 0 Å². The van der Waals surface area contributed by atoms with Gasteiger partial charge in [-0.1, -0.05) is 6.07 Å². The van der Waals surface area contributed by atoms with Crippen molar-refractivity contribution in [2.45, 2.75) is 13.8 Å². The van der Waals surface area contributed by atoms with Gasteiger partial charge in [0.1, 0.15) is 23.1 Å². The van der Waals surface area contributed by atoms with Crippen LogP contribution in [-0.2, 0) is 0 Å². The lowest BCUT2D eigenvalue weighted by Crippen LogP contribution is -2.15. The van der Waals surface area contributed by atoms with Crippen molar-refractivity contribution in [1.29, 1.82) is 0 Å². The Bertz CT molecular complexity index is 1020. The van der Waals surface area contributed by atoms with Crippen molar-refractivity contribution in [2.24, 2.45) is 0 Å². The molecule has 0 aliphatic carbocycles. The van der Waals surface area contributed by atoms with E-state index < -0.39 is 0 Å². The van der Waals surface area contributed by atoms with Crippen LogP contribution in [0.3, 0.4) is 0 Å². The molecule has 29 heavy (non-hydrogen) atoms. The summed E-state index contributed by atoms with van der Waals surface area (Å²) in [5, 5.41) is 6.10. The number of nitrogens with zero attached hydrogens (tertiary/aromatic N) is 3. The number of nitrogens with one attached hydrogen (secondary N) is 2. The van der Waals surface area contributed by atoms with Crippen molar-refractivity contribution in [2.75, 3.05) is 36.7 Å². The number of carbonyl (C=O) groups is 1. The Hall–Kier alpha value is -3.61. The van der Waals surface area contributed by atoms with Gasteiger partial charge in [0.25, 0.3) is 5.91 Å². The maximum Gasteiger partial charge on any atom is 0.274 e. The zero-order valence-corrected chi connectivity index (χ0v) is 17.3. The second-order valence-corrected chi connectivity index (χ2v) is 6.91. The highest BCUT2D eigenvalue weighted by molar-refractivity contribution is 6.03. The van der Waals surface area contributed by atoms with Gasteiger partial charge in [-0.15, -0.1) is 0 Å².